The zero-order valence-corrected chi connectivity index (χ0v) is 12.2. The monoisotopic (exact) mass is 261 g/mol. The topological polar surface area (TPSA) is 26.0 Å². The maximum absolute atomic E-state index is 13.6. The van der Waals surface area contributed by atoms with Crippen LogP contribution >= 0.6 is 0 Å². The first kappa shape index (κ1) is 13.8. The molecule has 102 valence electrons. The van der Waals surface area contributed by atoms with Crippen molar-refractivity contribution in [2.45, 2.75) is 46.5 Å². The van der Waals surface area contributed by atoms with Crippen LogP contribution in [0.1, 0.15) is 44.2 Å². The van der Waals surface area contributed by atoms with Crippen LogP contribution in [0.2, 0.25) is 0 Å². The van der Waals surface area contributed by atoms with Crippen LogP contribution in [0, 0.1) is 19.7 Å². The van der Waals surface area contributed by atoms with E-state index >= 15 is 0 Å². The molecule has 0 saturated heterocycles. The maximum atomic E-state index is 13.6. The van der Waals surface area contributed by atoms with E-state index in [2.05, 4.69) is 25.9 Å². The predicted octanol–water partition coefficient (Wildman–Crippen LogP) is 4.79. The molecule has 1 heterocycles. The molecule has 1 aromatic heterocycles. The molecule has 2 aromatic rings. The van der Waals surface area contributed by atoms with Crippen molar-refractivity contribution in [1.29, 1.82) is 0 Å². The smallest absolute Gasteiger partial charge is 0.141 e. The first-order valence-electron chi connectivity index (χ1n) is 6.60. The van der Waals surface area contributed by atoms with Crippen molar-refractivity contribution in [2.24, 2.45) is 0 Å². The summed E-state index contributed by atoms with van der Waals surface area (Å²) in [7, 11) is 0. The van der Waals surface area contributed by atoms with Gasteiger partial charge in [0.1, 0.15) is 11.6 Å². The molecular formula is C16H20FNO. The molecule has 0 N–H and O–H groups in total. The van der Waals surface area contributed by atoms with Gasteiger partial charge in [-0.15, -0.1) is 0 Å². The predicted molar refractivity (Wildman–Crippen MR) is 74.7 cm³/mol. The van der Waals surface area contributed by atoms with E-state index in [9.17, 15) is 4.39 Å². The van der Waals surface area contributed by atoms with Crippen molar-refractivity contribution >= 4 is 0 Å². The molecule has 0 fully saturated rings. The minimum absolute atomic E-state index is 0.0147. The Balaban J connectivity index is 2.72. The minimum Gasteiger partial charge on any atom is -0.361 e. The largest absolute Gasteiger partial charge is 0.361 e. The molecule has 0 aliphatic heterocycles. The lowest BCUT2D eigenvalue weighted by Gasteiger charge is -2.26. The van der Waals surface area contributed by atoms with E-state index in [1.54, 1.807) is 6.07 Å². The Kier molecular flexibility index (Phi) is 3.48. The van der Waals surface area contributed by atoms with Gasteiger partial charge in [0.05, 0.1) is 5.69 Å². The molecule has 0 saturated carbocycles. The summed E-state index contributed by atoms with van der Waals surface area (Å²) < 4.78 is 18.9. The fraction of sp³-hybridized carbons (Fsp3) is 0.438. The zero-order chi connectivity index (χ0) is 14.2. The molecule has 2 rings (SSSR count). The van der Waals surface area contributed by atoms with Gasteiger partial charge in [0, 0.05) is 5.56 Å². The highest BCUT2D eigenvalue weighted by Crippen LogP contribution is 2.38. The summed E-state index contributed by atoms with van der Waals surface area (Å²) in [5.41, 5.74) is 3.72. The van der Waals surface area contributed by atoms with E-state index in [4.69, 9.17) is 4.52 Å². The van der Waals surface area contributed by atoms with Crippen LogP contribution in [-0.2, 0) is 5.41 Å². The second-order valence-electron chi connectivity index (χ2n) is 5.63. The number of aromatic nitrogens is 1. The van der Waals surface area contributed by atoms with Crippen molar-refractivity contribution in [1.82, 2.24) is 5.16 Å². The molecular weight excluding hydrogens is 241 g/mol. The van der Waals surface area contributed by atoms with Crippen LogP contribution in [0.5, 0.6) is 0 Å². The number of benzene rings is 1. The van der Waals surface area contributed by atoms with Gasteiger partial charge in [0.15, 0.2) is 0 Å². The Hall–Kier alpha value is -1.64. The Morgan fingerprint density at radius 2 is 1.95 bits per heavy atom. The van der Waals surface area contributed by atoms with Gasteiger partial charge in [-0.05, 0) is 48.9 Å². The molecule has 0 unspecified atom stereocenters. The number of halogens is 1. The van der Waals surface area contributed by atoms with Crippen LogP contribution in [0.15, 0.2) is 22.7 Å². The highest BCUT2D eigenvalue weighted by molar-refractivity contribution is 5.72. The fourth-order valence-corrected chi connectivity index (χ4v) is 2.37. The third-order valence-corrected chi connectivity index (χ3v) is 3.90. The molecule has 0 radical (unpaired) electrons. The minimum atomic E-state index is -0.231. The standard InChI is InChI=1S/C16H20FNO/c1-6-16(4,5)14-8-7-12(17)9-13(14)15-10(2)18-19-11(15)3/h7-9H,6H2,1-5H3. The molecule has 0 bridgehead atoms. The molecule has 0 aliphatic rings. The van der Waals surface area contributed by atoms with Crippen molar-refractivity contribution in [3.8, 4) is 11.1 Å². The summed E-state index contributed by atoms with van der Waals surface area (Å²) >= 11 is 0. The molecule has 2 nitrogen and oxygen atoms in total. The highest BCUT2D eigenvalue weighted by Gasteiger charge is 2.25. The number of hydrogen-bond acceptors (Lipinski definition) is 2. The van der Waals surface area contributed by atoms with Crippen LogP contribution in [0.25, 0.3) is 11.1 Å². The quantitative estimate of drug-likeness (QED) is 0.794. The lowest BCUT2D eigenvalue weighted by molar-refractivity contribution is 0.393. The second kappa shape index (κ2) is 4.80. The zero-order valence-electron chi connectivity index (χ0n) is 12.2. The SMILES string of the molecule is CCC(C)(C)c1ccc(F)cc1-c1c(C)noc1C. The summed E-state index contributed by atoms with van der Waals surface area (Å²) in [6.07, 6.45) is 0.981. The summed E-state index contributed by atoms with van der Waals surface area (Å²) in [6, 6.07) is 4.98. The van der Waals surface area contributed by atoms with Gasteiger partial charge in [-0.3, -0.25) is 0 Å². The summed E-state index contributed by atoms with van der Waals surface area (Å²) in [5, 5.41) is 3.97. The third kappa shape index (κ3) is 2.42. The van der Waals surface area contributed by atoms with Gasteiger partial charge in [0.25, 0.3) is 0 Å². The van der Waals surface area contributed by atoms with Gasteiger partial charge in [-0.25, -0.2) is 4.39 Å². The summed E-state index contributed by atoms with van der Waals surface area (Å²) in [5.74, 6) is 0.502. The molecule has 19 heavy (non-hydrogen) atoms. The van der Waals surface area contributed by atoms with Crippen LogP contribution in [0.3, 0.4) is 0 Å². The molecule has 0 atom stereocenters. The first-order chi connectivity index (χ1) is 8.86. The number of aryl methyl sites for hydroxylation is 2. The van der Waals surface area contributed by atoms with Crippen molar-refractivity contribution in [2.75, 3.05) is 0 Å². The maximum Gasteiger partial charge on any atom is 0.141 e. The van der Waals surface area contributed by atoms with Gasteiger partial charge < -0.3 is 4.52 Å². The Morgan fingerprint density at radius 3 is 2.47 bits per heavy atom. The average Bonchev–Trinajstić information content (AvgIpc) is 2.68. The Morgan fingerprint density at radius 1 is 1.26 bits per heavy atom. The van der Waals surface area contributed by atoms with Crippen LogP contribution in [0.4, 0.5) is 4.39 Å². The molecule has 3 heteroatoms. The highest BCUT2D eigenvalue weighted by atomic mass is 19.1. The van der Waals surface area contributed by atoms with E-state index in [1.807, 2.05) is 19.9 Å². The van der Waals surface area contributed by atoms with E-state index in [0.717, 1.165) is 34.6 Å². The van der Waals surface area contributed by atoms with Crippen molar-refractivity contribution in [3.05, 3.63) is 41.0 Å². The Labute approximate surface area is 113 Å². The van der Waals surface area contributed by atoms with Crippen LogP contribution < -0.4 is 0 Å². The summed E-state index contributed by atoms with van der Waals surface area (Å²) in [4.78, 5) is 0. The fourth-order valence-electron chi connectivity index (χ4n) is 2.37. The number of nitrogens with zero attached hydrogens (tertiary/aromatic N) is 1. The number of hydrogen-bond donors (Lipinski definition) is 0. The number of rotatable bonds is 3. The van der Waals surface area contributed by atoms with E-state index < -0.39 is 0 Å². The molecule has 0 aliphatic carbocycles. The average molecular weight is 261 g/mol. The van der Waals surface area contributed by atoms with E-state index in [-0.39, 0.29) is 11.2 Å². The first-order valence-corrected chi connectivity index (χ1v) is 6.60. The third-order valence-electron chi connectivity index (χ3n) is 3.90. The normalized spacial score (nSPS) is 11.9. The van der Waals surface area contributed by atoms with Crippen molar-refractivity contribution in [3.63, 3.8) is 0 Å². The lowest BCUT2D eigenvalue weighted by atomic mass is 9.78. The second-order valence-corrected chi connectivity index (χ2v) is 5.63. The molecule has 0 amide bonds. The molecule has 1 aromatic carbocycles. The van der Waals surface area contributed by atoms with Crippen LogP contribution in [-0.4, -0.2) is 5.16 Å². The van der Waals surface area contributed by atoms with Gasteiger partial charge in [-0.1, -0.05) is 32.0 Å². The Bertz CT molecular complexity index is 579. The van der Waals surface area contributed by atoms with Gasteiger partial charge >= 0.3 is 0 Å². The van der Waals surface area contributed by atoms with E-state index in [1.165, 1.54) is 6.07 Å². The van der Waals surface area contributed by atoms with Gasteiger partial charge in [0.2, 0.25) is 0 Å². The van der Waals surface area contributed by atoms with Gasteiger partial charge in [-0.2, -0.15) is 0 Å². The summed E-state index contributed by atoms with van der Waals surface area (Å²) in [6.45, 7) is 10.2. The van der Waals surface area contributed by atoms with E-state index in [0.29, 0.717) is 0 Å². The molecule has 0 spiro atoms. The lowest BCUT2D eigenvalue weighted by Crippen LogP contribution is -2.17. The van der Waals surface area contributed by atoms with Crippen molar-refractivity contribution < 1.29 is 8.91 Å².